The Kier molecular flexibility index (Phi) is 4.21. The molecule has 0 fully saturated rings. The van der Waals surface area contributed by atoms with Gasteiger partial charge in [-0.05, 0) is 25.5 Å². The Morgan fingerprint density at radius 2 is 2.21 bits per heavy atom. The number of benzene rings is 1. The summed E-state index contributed by atoms with van der Waals surface area (Å²) in [7, 11) is 0. The summed E-state index contributed by atoms with van der Waals surface area (Å²) in [6.45, 7) is 4.05. The Bertz CT molecular complexity index is 301. The van der Waals surface area contributed by atoms with Gasteiger partial charge in [0.05, 0.1) is 11.1 Å². The van der Waals surface area contributed by atoms with E-state index in [2.05, 4.69) is 6.92 Å². The Balaban J connectivity index is 2.63. The SMILES string of the molecule is CCCC(C)Oc1ccc(Cl)c(F)c1. The van der Waals surface area contributed by atoms with Crippen molar-refractivity contribution in [1.29, 1.82) is 0 Å². The smallest absolute Gasteiger partial charge is 0.145 e. The molecule has 0 aromatic heterocycles. The molecule has 0 aliphatic rings. The number of hydrogen-bond acceptors (Lipinski definition) is 1. The van der Waals surface area contributed by atoms with Crippen LogP contribution in [-0.2, 0) is 0 Å². The summed E-state index contributed by atoms with van der Waals surface area (Å²) in [5.41, 5.74) is 0. The van der Waals surface area contributed by atoms with Crippen molar-refractivity contribution in [2.45, 2.75) is 32.8 Å². The lowest BCUT2D eigenvalue weighted by atomic mass is 10.2. The fourth-order valence-corrected chi connectivity index (χ4v) is 1.37. The summed E-state index contributed by atoms with van der Waals surface area (Å²) in [4.78, 5) is 0. The maximum Gasteiger partial charge on any atom is 0.145 e. The van der Waals surface area contributed by atoms with Crippen LogP contribution in [0.1, 0.15) is 26.7 Å². The molecule has 1 rings (SSSR count). The summed E-state index contributed by atoms with van der Waals surface area (Å²) in [6, 6.07) is 4.50. The van der Waals surface area contributed by atoms with Gasteiger partial charge in [-0.25, -0.2) is 4.39 Å². The Morgan fingerprint density at radius 1 is 1.50 bits per heavy atom. The minimum atomic E-state index is -0.437. The summed E-state index contributed by atoms with van der Waals surface area (Å²) in [5.74, 6) is 0.0979. The van der Waals surface area contributed by atoms with E-state index in [9.17, 15) is 4.39 Å². The van der Waals surface area contributed by atoms with Crippen LogP contribution < -0.4 is 4.74 Å². The molecule has 1 unspecified atom stereocenters. The number of rotatable bonds is 4. The van der Waals surface area contributed by atoms with E-state index in [-0.39, 0.29) is 11.1 Å². The Morgan fingerprint density at radius 3 is 2.79 bits per heavy atom. The molecule has 0 spiro atoms. The molecule has 0 saturated carbocycles. The predicted molar refractivity (Wildman–Crippen MR) is 56.4 cm³/mol. The van der Waals surface area contributed by atoms with E-state index in [1.165, 1.54) is 12.1 Å². The van der Waals surface area contributed by atoms with E-state index in [0.29, 0.717) is 5.75 Å². The molecule has 0 amide bonds. The van der Waals surface area contributed by atoms with Gasteiger partial charge < -0.3 is 4.74 Å². The first-order valence-electron chi connectivity index (χ1n) is 4.75. The van der Waals surface area contributed by atoms with Crippen LogP contribution in [0.4, 0.5) is 4.39 Å². The highest BCUT2D eigenvalue weighted by atomic mass is 35.5. The van der Waals surface area contributed by atoms with E-state index in [0.717, 1.165) is 12.8 Å². The lowest BCUT2D eigenvalue weighted by Gasteiger charge is -2.13. The van der Waals surface area contributed by atoms with Gasteiger partial charge in [-0.2, -0.15) is 0 Å². The molecule has 1 aromatic rings. The second-order valence-electron chi connectivity index (χ2n) is 3.29. The molecule has 1 atom stereocenters. The number of hydrogen-bond donors (Lipinski definition) is 0. The maximum absolute atomic E-state index is 13.0. The van der Waals surface area contributed by atoms with Crippen molar-refractivity contribution in [1.82, 2.24) is 0 Å². The summed E-state index contributed by atoms with van der Waals surface area (Å²) in [6.07, 6.45) is 2.13. The van der Waals surface area contributed by atoms with Crippen LogP contribution in [0.3, 0.4) is 0 Å². The molecule has 1 aromatic carbocycles. The van der Waals surface area contributed by atoms with Crippen molar-refractivity contribution in [3.63, 3.8) is 0 Å². The van der Waals surface area contributed by atoms with Crippen LogP contribution in [0.5, 0.6) is 5.75 Å². The summed E-state index contributed by atoms with van der Waals surface area (Å²) in [5, 5.41) is 0.125. The van der Waals surface area contributed by atoms with Crippen LogP contribution in [0, 0.1) is 5.82 Å². The monoisotopic (exact) mass is 216 g/mol. The highest BCUT2D eigenvalue weighted by molar-refractivity contribution is 6.30. The average Bonchev–Trinajstić information content (AvgIpc) is 2.12. The predicted octanol–water partition coefficient (Wildman–Crippen LogP) is 4.05. The zero-order valence-electron chi connectivity index (χ0n) is 8.39. The van der Waals surface area contributed by atoms with Crippen molar-refractivity contribution >= 4 is 11.6 Å². The average molecular weight is 217 g/mol. The highest BCUT2D eigenvalue weighted by Gasteiger charge is 2.05. The quantitative estimate of drug-likeness (QED) is 0.738. The van der Waals surface area contributed by atoms with Crippen molar-refractivity contribution in [2.75, 3.05) is 0 Å². The van der Waals surface area contributed by atoms with Crippen LogP contribution in [0.25, 0.3) is 0 Å². The van der Waals surface area contributed by atoms with Gasteiger partial charge in [0.2, 0.25) is 0 Å². The van der Waals surface area contributed by atoms with Gasteiger partial charge >= 0.3 is 0 Å². The number of ether oxygens (including phenoxy) is 1. The molecule has 0 aliphatic carbocycles. The topological polar surface area (TPSA) is 9.23 Å². The second kappa shape index (κ2) is 5.20. The fraction of sp³-hybridized carbons (Fsp3) is 0.455. The molecule has 0 bridgehead atoms. The second-order valence-corrected chi connectivity index (χ2v) is 3.70. The zero-order valence-corrected chi connectivity index (χ0v) is 9.14. The highest BCUT2D eigenvalue weighted by Crippen LogP contribution is 2.21. The third kappa shape index (κ3) is 3.18. The van der Waals surface area contributed by atoms with Crippen molar-refractivity contribution in [2.24, 2.45) is 0 Å². The third-order valence-electron chi connectivity index (χ3n) is 1.92. The van der Waals surface area contributed by atoms with Gasteiger partial charge in [-0.1, -0.05) is 24.9 Å². The van der Waals surface area contributed by atoms with Crippen molar-refractivity contribution < 1.29 is 9.13 Å². The minimum Gasteiger partial charge on any atom is -0.491 e. The van der Waals surface area contributed by atoms with Gasteiger partial charge in [0.15, 0.2) is 0 Å². The largest absolute Gasteiger partial charge is 0.491 e. The molecule has 3 heteroatoms. The Labute approximate surface area is 88.8 Å². The standard InChI is InChI=1S/C11H14ClFO/c1-3-4-8(2)14-9-5-6-10(12)11(13)7-9/h5-8H,3-4H2,1-2H3. The molecule has 0 saturated heterocycles. The Hall–Kier alpha value is -0.760. The van der Waals surface area contributed by atoms with Crippen LogP contribution in [0.2, 0.25) is 5.02 Å². The minimum absolute atomic E-state index is 0.112. The molecule has 14 heavy (non-hydrogen) atoms. The molecule has 1 nitrogen and oxygen atoms in total. The van der Waals surface area contributed by atoms with Gasteiger partial charge in [0, 0.05) is 6.07 Å². The van der Waals surface area contributed by atoms with Crippen LogP contribution in [0.15, 0.2) is 18.2 Å². The van der Waals surface area contributed by atoms with E-state index in [4.69, 9.17) is 16.3 Å². The maximum atomic E-state index is 13.0. The van der Waals surface area contributed by atoms with E-state index in [1.54, 1.807) is 6.07 Å². The third-order valence-corrected chi connectivity index (χ3v) is 2.23. The van der Waals surface area contributed by atoms with Gasteiger partial charge in [0.1, 0.15) is 11.6 Å². The first-order chi connectivity index (χ1) is 6.63. The van der Waals surface area contributed by atoms with E-state index in [1.807, 2.05) is 6.92 Å². The first-order valence-corrected chi connectivity index (χ1v) is 5.13. The zero-order chi connectivity index (χ0) is 10.6. The molecular formula is C11H14ClFO. The van der Waals surface area contributed by atoms with E-state index >= 15 is 0 Å². The van der Waals surface area contributed by atoms with Gasteiger partial charge in [-0.3, -0.25) is 0 Å². The lowest BCUT2D eigenvalue weighted by Crippen LogP contribution is -2.10. The van der Waals surface area contributed by atoms with Crippen molar-refractivity contribution in [3.8, 4) is 5.75 Å². The summed E-state index contributed by atoms with van der Waals surface area (Å²) < 4.78 is 18.5. The van der Waals surface area contributed by atoms with E-state index < -0.39 is 5.82 Å². The van der Waals surface area contributed by atoms with Gasteiger partial charge in [0.25, 0.3) is 0 Å². The normalized spacial score (nSPS) is 12.6. The van der Waals surface area contributed by atoms with Gasteiger partial charge in [-0.15, -0.1) is 0 Å². The summed E-state index contributed by atoms with van der Waals surface area (Å²) >= 11 is 5.55. The van der Waals surface area contributed by atoms with Crippen LogP contribution in [-0.4, -0.2) is 6.10 Å². The molecule has 0 N–H and O–H groups in total. The van der Waals surface area contributed by atoms with Crippen LogP contribution >= 0.6 is 11.6 Å². The molecule has 0 aliphatic heterocycles. The molecular weight excluding hydrogens is 203 g/mol. The molecule has 0 heterocycles. The fourth-order valence-electron chi connectivity index (χ4n) is 1.25. The number of halogens is 2. The molecule has 0 radical (unpaired) electrons. The molecule has 78 valence electrons. The first kappa shape index (κ1) is 11.3. The lowest BCUT2D eigenvalue weighted by molar-refractivity contribution is 0.209. The van der Waals surface area contributed by atoms with Crippen molar-refractivity contribution in [3.05, 3.63) is 29.0 Å².